The van der Waals surface area contributed by atoms with E-state index >= 15 is 0 Å². The number of likely N-dealkylation sites (N-methyl/N-ethyl adjacent to an activating group) is 1. The van der Waals surface area contributed by atoms with Crippen LogP contribution in [0.5, 0.6) is 0 Å². The molecular formula is C18H26N2O. The predicted molar refractivity (Wildman–Crippen MR) is 87.3 cm³/mol. The Balaban J connectivity index is 1.83. The van der Waals surface area contributed by atoms with Gasteiger partial charge in [-0.05, 0) is 38.6 Å². The van der Waals surface area contributed by atoms with E-state index in [4.69, 9.17) is 4.42 Å². The summed E-state index contributed by atoms with van der Waals surface area (Å²) in [5.41, 5.74) is 2.65. The molecular weight excluding hydrogens is 260 g/mol. The smallest absolute Gasteiger partial charge is 0.118 e. The molecule has 1 heterocycles. The minimum absolute atomic E-state index is 0.861. The summed E-state index contributed by atoms with van der Waals surface area (Å²) in [5.74, 6) is 2.08. The maximum absolute atomic E-state index is 5.85. The fourth-order valence-electron chi connectivity index (χ4n) is 2.41. The van der Waals surface area contributed by atoms with Gasteiger partial charge in [0.05, 0.1) is 6.54 Å². The highest BCUT2D eigenvalue weighted by atomic mass is 16.3. The summed E-state index contributed by atoms with van der Waals surface area (Å²) in [6.07, 6.45) is 1.07. The molecule has 0 saturated heterocycles. The quantitative estimate of drug-likeness (QED) is 0.806. The summed E-state index contributed by atoms with van der Waals surface area (Å²) in [6, 6.07) is 12.8. The highest BCUT2D eigenvalue weighted by molar-refractivity contribution is 5.20. The largest absolute Gasteiger partial charge is 0.465 e. The van der Waals surface area contributed by atoms with Gasteiger partial charge >= 0.3 is 0 Å². The van der Waals surface area contributed by atoms with E-state index in [0.717, 1.165) is 44.1 Å². The normalized spacial score (nSPS) is 11.2. The molecule has 3 nitrogen and oxygen atoms in total. The van der Waals surface area contributed by atoms with E-state index in [1.165, 1.54) is 11.1 Å². The van der Waals surface area contributed by atoms with Gasteiger partial charge in [0.2, 0.25) is 0 Å². The van der Waals surface area contributed by atoms with Crippen molar-refractivity contribution >= 4 is 0 Å². The molecule has 0 unspecified atom stereocenters. The van der Waals surface area contributed by atoms with Crippen LogP contribution in [0.2, 0.25) is 0 Å². The molecule has 1 N–H and O–H groups in total. The second kappa shape index (κ2) is 8.01. The van der Waals surface area contributed by atoms with Crippen molar-refractivity contribution in [2.45, 2.75) is 33.4 Å². The maximum atomic E-state index is 5.85. The zero-order valence-corrected chi connectivity index (χ0v) is 13.4. The molecule has 0 atom stereocenters. The molecule has 3 heteroatoms. The highest BCUT2D eigenvalue weighted by Crippen LogP contribution is 2.16. The lowest BCUT2D eigenvalue weighted by atomic mass is 10.1. The van der Waals surface area contributed by atoms with Crippen molar-refractivity contribution in [1.82, 2.24) is 10.2 Å². The number of hydrogen-bond acceptors (Lipinski definition) is 3. The topological polar surface area (TPSA) is 28.4 Å². The van der Waals surface area contributed by atoms with E-state index in [-0.39, 0.29) is 0 Å². The van der Waals surface area contributed by atoms with Gasteiger partial charge in [0.15, 0.2) is 0 Å². The lowest BCUT2D eigenvalue weighted by Gasteiger charge is -2.14. The SMILES string of the molecule is CCNCc1cc(CN(C)CCc2ccccc2)oc1C. The van der Waals surface area contributed by atoms with E-state index < -0.39 is 0 Å². The van der Waals surface area contributed by atoms with Crippen LogP contribution in [0.15, 0.2) is 40.8 Å². The van der Waals surface area contributed by atoms with Crippen LogP contribution in [0.4, 0.5) is 0 Å². The highest BCUT2D eigenvalue weighted by Gasteiger charge is 2.09. The third kappa shape index (κ3) is 5.03. The van der Waals surface area contributed by atoms with E-state index in [1.54, 1.807) is 0 Å². The van der Waals surface area contributed by atoms with Gasteiger partial charge in [0.25, 0.3) is 0 Å². The Kier molecular flexibility index (Phi) is 6.03. The molecule has 0 radical (unpaired) electrons. The fraction of sp³-hybridized carbons (Fsp3) is 0.444. The summed E-state index contributed by atoms with van der Waals surface area (Å²) in [4.78, 5) is 2.31. The lowest BCUT2D eigenvalue weighted by Crippen LogP contribution is -2.20. The van der Waals surface area contributed by atoms with Gasteiger partial charge < -0.3 is 9.73 Å². The summed E-state index contributed by atoms with van der Waals surface area (Å²) >= 11 is 0. The molecule has 21 heavy (non-hydrogen) atoms. The second-order valence-electron chi connectivity index (χ2n) is 5.55. The third-order valence-electron chi connectivity index (χ3n) is 3.69. The van der Waals surface area contributed by atoms with Gasteiger partial charge in [-0.15, -0.1) is 0 Å². The van der Waals surface area contributed by atoms with Crippen molar-refractivity contribution in [3.8, 4) is 0 Å². The first-order valence-electron chi connectivity index (χ1n) is 7.70. The molecule has 0 spiro atoms. The second-order valence-corrected chi connectivity index (χ2v) is 5.55. The first kappa shape index (κ1) is 15.8. The van der Waals surface area contributed by atoms with Crippen molar-refractivity contribution in [3.05, 3.63) is 59.0 Å². The van der Waals surface area contributed by atoms with E-state index in [2.05, 4.69) is 60.6 Å². The summed E-state index contributed by atoms with van der Waals surface area (Å²) < 4.78 is 5.85. The molecule has 2 aromatic rings. The number of rotatable bonds is 8. The van der Waals surface area contributed by atoms with Crippen LogP contribution >= 0.6 is 0 Å². The van der Waals surface area contributed by atoms with Crippen molar-refractivity contribution in [1.29, 1.82) is 0 Å². The van der Waals surface area contributed by atoms with Gasteiger partial charge in [-0.3, -0.25) is 4.90 Å². The Morgan fingerprint density at radius 3 is 2.67 bits per heavy atom. The first-order chi connectivity index (χ1) is 10.2. The van der Waals surface area contributed by atoms with Crippen LogP contribution in [-0.2, 0) is 19.5 Å². The third-order valence-corrected chi connectivity index (χ3v) is 3.69. The molecule has 2 rings (SSSR count). The number of nitrogens with zero attached hydrogens (tertiary/aromatic N) is 1. The number of furan rings is 1. The van der Waals surface area contributed by atoms with Crippen LogP contribution < -0.4 is 5.32 Å². The average Bonchev–Trinajstić information content (AvgIpc) is 2.84. The van der Waals surface area contributed by atoms with E-state index in [0.29, 0.717) is 0 Å². The van der Waals surface area contributed by atoms with Gasteiger partial charge in [-0.2, -0.15) is 0 Å². The number of nitrogens with one attached hydrogen (secondary N) is 1. The Labute approximate surface area is 128 Å². The van der Waals surface area contributed by atoms with Gasteiger partial charge in [0, 0.05) is 18.7 Å². The molecule has 0 aliphatic carbocycles. The van der Waals surface area contributed by atoms with Gasteiger partial charge in [0.1, 0.15) is 11.5 Å². The fourth-order valence-corrected chi connectivity index (χ4v) is 2.41. The van der Waals surface area contributed by atoms with Crippen molar-refractivity contribution < 1.29 is 4.42 Å². The molecule has 0 bridgehead atoms. The maximum Gasteiger partial charge on any atom is 0.118 e. The Morgan fingerprint density at radius 1 is 1.19 bits per heavy atom. The van der Waals surface area contributed by atoms with Gasteiger partial charge in [-0.1, -0.05) is 37.3 Å². The van der Waals surface area contributed by atoms with Crippen LogP contribution in [0.3, 0.4) is 0 Å². The van der Waals surface area contributed by atoms with Crippen LogP contribution in [0, 0.1) is 6.92 Å². The zero-order chi connectivity index (χ0) is 15.1. The van der Waals surface area contributed by atoms with Crippen LogP contribution in [0.1, 0.15) is 29.6 Å². The summed E-state index contributed by atoms with van der Waals surface area (Å²) in [6.45, 7) is 7.93. The first-order valence-corrected chi connectivity index (χ1v) is 7.70. The molecule has 0 aliphatic heterocycles. The molecule has 0 saturated carbocycles. The molecule has 0 fully saturated rings. The lowest BCUT2D eigenvalue weighted by molar-refractivity contribution is 0.295. The molecule has 1 aromatic heterocycles. The van der Waals surface area contributed by atoms with Crippen molar-refractivity contribution in [3.63, 3.8) is 0 Å². The average molecular weight is 286 g/mol. The monoisotopic (exact) mass is 286 g/mol. The zero-order valence-electron chi connectivity index (χ0n) is 13.4. The Bertz CT molecular complexity index is 533. The molecule has 1 aromatic carbocycles. The van der Waals surface area contributed by atoms with E-state index in [9.17, 15) is 0 Å². The molecule has 0 amide bonds. The molecule has 114 valence electrons. The standard InChI is InChI=1S/C18H26N2O/c1-4-19-13-17-12-18(21-15(17)2)14-20(3)11-10-16-8-6-5-7-9-16/h5-9,12,19H,4,10-11,13-14H2,1-3H3. The van der Waals surface area contributed by atoms with Crippen LogP contribution in [-0.4, -0.2) is 25.0 Å². The predicted octanol–water partition coefficient (Wildman–Crippen LogP) is 3.37. The minimum atomic E-state index is 0.861. The van der Waals surface area contributed by atoms with E-state index in [1.807, 2.05) is 6.92 Å². The van der Waals surface area contributed by atoms with Crippen LogP contribution in [0.25, 0.3) is 0 Å². The van der Waals surface area contributed by atoms with Crippen molar-refractivity contribution in [2.75, 3.05) is 20.1 Å². The Morgan fingerprint density at radius 2 is 1.95 bits per heavy atom. The van der Waals surface area contributed by atoms with Gasteiger partial charge in [-0.25, -0.2) is 0 Å². The molecule has 0 aliphatic rings. The Hall–Kier alpha value is -1.58. The number of benzene rings is 1. The summed E-state index contributed by atoms with van der Waals surface area (Å²) in [5, 5.41) is 3.35. The van der Waals surface area contributed by atoms with Crippen molar-refractivity contribution in [2.24, 2.45) is 0 Å². The number of hydrogen-bond donors (Lipinski definition) is 1. The summed E-state index contributed by atoms with van der Waals surface area (Å²) in [7, 11) is 2.14. The minimum Gasteiger partial charge on any atom is -0.465 e. The number of aryl methyl sites for hydroxylation is 1.